The fourth-order valence-electron chi connectivity index (χ4n) is 4.19. The minimum absolute atomic E-state index is 0.116. The number of nitrogens with one attached hydrogen (secondary N) is 1. The van der Waals surface area contributed by atoms with Gasteiger partial charge in [0.1, 0.15) is 18.2 Å². The van der Waals surface area contributed by atoms with Gasteiger partial charge >= 0.3 is 0 Å². The van der Waals surface area contributed by atoms with Gasteiger partial charge < -0.3 is 9.30 Å². The average Bonchev–Trinajstić information content (AvgIpc) is 3.35. The van der Waals surface area contributed by atoms with Gasteiger partial charge in [-0.3, -0.25) is 4.79 Å². The SMILES string of the molecule is Cc1ccc(-c2ccccc2)n1-c1ccc(C(=O)N/N=C/c2ccc(OCc3ccccc3F)c(Br)c2)cc1. The highest BCUT2D eigenvalue weighted by molar-refractivity contribution is 9.10. The number of nitrogens with zero attached hydrogens (tertiary/aromatic N) is 2. The standard InChI is InChI=1S/C32H25BrFN3O2/c1-22-11-17-30(24-7-3-2-4-8-24)37(22)27-15-13-25(14-16-27)32(38)36-35-20-23-12-18-31(28(33)19-23)39-21-26-9-5-6-10-29(26)34/h2-20H,21H2,1H3,(H,36,38)/b35-20+. The number of ether oxygens (including phenoxy) is 1. The molecule has 0 bridgehead atoms. The zero-order valence-corrected chi connectivity index (χ0v) is 22.7. The fraction of sp³-hybridized carbons (Fsp3) is 0.0625. The summed E-state index contributed by atoms with van der Waals surface area (Å²) in [7, 11) is 0. The van der Waals surface area contributed by atoms with Gasteiger partial charge in [-0.15, -0.1) is 0 Å². The Morgan fingerprint density at radius 3 is 2.44 bits per heavy atom. The van der Waals surface area contributed by atoms with E-state index in [-0.39, 0.29) is 18.3 Å². The van der Waals surface area contributed by atoms with Crippen molar-refractivity contribution in [3.63, 3.8) is 0 Å². The molecule has 0 atom stereocenters. The third-order valence-electron chi connectivity index (χ3n) is 6.21. The van der Waals surface area contributed by atoms with E-state index in [9.17, 15) is 9.18 Å². The number of carbonyl (C=O) groups is 1. The summed E-state index contributed by atoms with van der Waals surface area (Å²) < 4.78 is 22.4. The zero-order valence-electron chi connectivity index (χ0n) is 21.1. The van der Waals surface area contributed by atoms with Crippen molar-refractivity contribution in [1.82, 2.24) is 9.99 Å². The van der Waals surface area contributed by atoms with E-state index in [2.05, 4.69) is 62.2 Å². The third-order valence-corrected chi connectivity index (χ3v) is 6.83. The van der Waals surface area contributed by atoms with Gasteiger partial charge in [0.05, 0.1) is 16.4 Å². The number of rotatable bonds is 8. The van der Waals surface area contributed by atoms with Gasteiger partial charge in [0.2, 0.25) is 0 Å². The lowest BCUT2D eigenvalue weighted by atomic mass is 10.1. The number of benzene rings is 4. The van der Waals surface area contributed by atoms with E-state index in [1.165, 1.54) is 6.07 Å². The second kappa shape index (κ2) is 11.9. The van der Waals surface area contributed by atoms with Crippen LogP contribution in [0.3, 0.4) is 0 Å². The maximum atomic E-state index is 13.8. The summed E-state index contributed by atoms with van der Waals surface area (Å²) in [5.74, 6) is -0.0402. The van der Waals surface area contributed by atoms with Crippen LogP contribution in [-0.2, 0) is 6.61 Å². The molecule has 1 amide bonds. The predicted molar refractivity (Wildman–Crippen MR) is 156 cm³/mol. The number of aromatic nitrogens is 1. The maximum absolute atomic E-state index is 13.8. The number of halogens is 2. The van der Waals surface area contributed by atoms with Gasteiger partial charge in [0.25, 0.3) is 5.91 Å². The summed E-state index contributed by atoms with van der Waals surface area (Å²) in [6.45, 7) is 2.17. The zero-order chi connectivity index (χ0) is 27.2. The molecule has 0 aliphatic carbocycles. The first kappa shape index (κ1) is 26.1. The fourth-order valence-corrected chi connectivity index (χ4v) is 4.70. The molecule has 0 saturated carbocycles. The molecular weight excluding hydrogens is 557 g/mol. The Morgan fingerprint density at radius 2 is 1.69 bits per heavy atom. The molecule has 0 aliphatic rings. The largest absolute Gasteiger partial charge is 0.488 e. The minimum Gasteiger partial charge on any atom is -0.488 e. The molecule has 0 unspecified atom stereocenters. The van der Waals surface area contributed by atoms with Crippen LogP contribution in [0.2, 0.25) is 0 Å². The smallest absolute Gasteiger partial charge is 0.271 e. The number of hydrogen-bond acceptors (Lipinski definition) is 3. The van der Waals surface area contributed by atoms with Crippen molar-refractivity contribution in [1.29, 1.82) is 0 Å². The lowest BCUT2D eigenvalue weighted by molar-refractivity contribution is 0.0955. The van der Waals surface area contributed by atoms with E-state index in [0.29, 0.717) is 21.3 Å². The van der Waals surface area contributed by atoms with Crippen molar-refractivity contribution in [2.45, 2.75) is 13.5 Å². The summed E-state index contributed by atoms with van der Waals surface area (Å²) in [5, 5.41) is 4.09. The molecule has 0 radical (unpaired) electrons. The van der Waals surface area contributed by atoms with Crippen LogP contribution in [0.25, 0.3) is 16.9 Å². The Kier molecular flexibility index (Phi) is 7.99. The van der Waals surface area contributed by atoms with Crippen LogP contribution in [0.1, 0.15) is 27.2 Å². The Morgan fingerprint density at radius 1 is 0.949 bits per heavy atom. The highest BCUT2D eigenvalue weighted by Crippen LogP contribution is 2.28. The summed E-state index contributed by atoms with van der Waals surface area (Å²) >= 11 is 3.47. The van der Waals surface area contributed by atoms with Gasteiger partial charge in [0.15, 0.2) is 0 Å². The van der Waals surface area contributed by atoms with Crippen molar-refractivity contribution >= 4 is 28.1 Å². The minimum atomic E-state index is -0.311. The van der Waals surface area contributed by atoms with Crippen LogP contribution in [-0.4, -0.2) is 16.7 Å². The first-order chi connectivity index (χ1) is 19.0. The molecule has 194 valence electrons. The molecule has 1 aromatic heterocycles. The van der Waals surface area contributed by atoms with E-state index in [0.717, 1.165) is 28.2 Å². The molecule has 1 N–H and O–H groups in total. The molecule has 1 heterocycles. The third kappa shape index (κ3) is 6.16. The Bertz CT molecular complexity index is 1630. The van der Waals surface area contributed by atoms with Crippen molar-refractivity contribution < 1.29 is 13.9 Å². The molecule has 5 nitrogen and oxygen atoms in total. The highest BCUT2D eigenvalue weighted by Gasteiger charge is 2.11. The number of carbonyl (C=O) groups excluding carboxylic acids is 1. The molecule has 7 heteroatoms. The van der Waals surface area contributed by atoms with E-state index >= 15 is 0 Å². The quantitative estimate of drug-likeness (QED) is 0.151. The van der Waals surface area contributed by atoms with Crippen LogP contribution < -0.4 is 10.2 Å². The highest BCUT2D eigenvalue weighted by atomic mass is 79.9. The van der Waals surface area contributed by atoms with Crippen LogP contribution in [0, 0.1) is 12.7 Å². The van der Waals surface area contributed by atoms with Gasteiger partial charge in [-0.1, -0.05) is 48.5 Å². The van der Waals surface area contributed by atoms with Crippen LogP contribution in [0.15, 0.2) is 119 Å². The van der Waals surface area contributed by atoms with Gasteiger partial charge in [-0.25, -0.2) is 9.82 Å². The average molecular weight is 582 g/mol. The maximum Gasteiger partial charge on any atom is 0.271 e. The molecule has 5 aromatic rings. The summed E-state index contributed by atoms with van der Waals surface area (Å²) in [5.41, 5.74) is 8.59. The van der Waals surface area contributed by atoms with Crippen molar-refractivity contribution in [2.24, 2.45) is 5.10 Å². The molecule has 0 aliphatic heterocycles. The summed E-state index contributed by atoms with van der Waals surface area (Å²) in [6, 6.07) is 33.7. The number of hydrogen-bond donors (Lipinski definition) is 1. The Balaban J connectivity index is 1.21. The lowest BCUT2D eigenvalue weighted by Crippen LogP contribution is -2.17. The van der Waals surface area contributed by atoms with E-state index in [1.54, 1.807) is 48.7 Å². The Labute approximate surface area is 234 Å². The number of aryl methyl sites for hydroxylation is 1. The monoisotopic (exact) mass is 581 g/mol. The van der Waals surface area contributed by atoms with E-state index in [1.807, 2.05) is 36.4 Å². The van der Waals surface area contributed by atoms with Crippen LogP contribution >= 0.6 is 15.9 Å². The van der Waals surface area contributed by atoms with Gasteiger partial charge in [-0.2, -0.15) is 5.10 Å². The summed E-state index contributed by atoms with van der Waals surface area (Å²) in [6.07, 6.45) is 1.55. The van der Waals surface area contributed by atoms with Crippen molar-refractivity contribution in [3.05, 3.63) is 142 Å². The molecule has 0 saturated heterocycles. The second-order valence-corrected chi connectivity index (χ2v) is 9.73. The normalized spacial score (nSPS) is 11.1. The van der Waals surface area contributed by atoms with Crippen LogP contribution in [0.5, 0.6) is 5.75 Å². The molecule has 0 spiro atoms. The topological polar surface area (TPSA) is 55.6 Å². The predicted octanol–water partition coefficient (Wildman–Crippen LogP) is 7.70. The lowest BCUT2D eigenvalue weighted by Gasteiger charge is -2.12. The molecule has 0 fully saturated rings. The first-order valence-corrected chi connectivity index (χ1v) is 13.1. The van der Waals surface area contributed by atoms with Crippen molar-refractivity contribution in [3.8, 4) is 22.7 Å². The summed E-state index contributed by atoms with van der Waals surface area (Å²) in [4.78, 5) is 12.7. The molecular formula is C32H25BrFN3O2. The number of amides is 1. The second-order valence-electron chi connectivity index (χ2n) is 8.88. The van der Waals surface area contributed by atoms with Crippen LogP contribution in [0.4, 0.5) is 4.39 Å². The Hall–Kier alpha value is -4.49. The first-order valence-electron chi connectivity index (χ1n) is 12.3. The van der Waals surface area contributed by atoms with Gasteiger partial charge in [-0.05, 0) is 94.6 Å². The number of hydrazone groups is 1. The molecule has 5 rings (SSSR count). The molecule has 39 heavy (non-hydrogen) atoms. The molecule has 4 aromatic carbocycles. The van der Waals surface area contributed by atoms with E-state index in [4.69, 9.17) is 4.74 Å². The van der Waals surface area contributed by atoms with Gasteiger partial charge in [0, 0.05) is 22.5 Å². The van der Waals surface area contributed by atoms with Crippen molar-refractivity contribution in [2.75, 3.05) is 0 Å². The van der Waals surface area contributed by atoms with E-state index < -0.39 is 0 Å².